The summed E-state index contributed by atoms with van der Waals surface area (Å²) in [6.07, 6.45) is 2.41. The number of nitrogens with zero attached hydrogens (tertiary/aromatic N) is 2. The molecule has 1 aromatic carbocycles. The summed E-state index contributed by atoms with van der Waals surface area (Å²) in [4.78, 5) is 6.38. The molecule has 3 rings (SSSR count). The molecule has 1 aliphatic carbocycles. The maximum absolute atomic E-state index is 13.9. The number of hydrogen-bond acceptors (Lipinski definition) is 3. The van der Waals surface area contributed by atoms with Crippen LogP contribution in [0.2, 0.25) is 0 Å². The topological polar surface area (TPSA) is 27.6 Å². The third-order valence-corrected chi connectivity index (χ3v) is 3.62. The molecule has 0 aromatic heterocycles. The Morgan fingerprint density at radius 3 is 2.79 bits per heavy atom. The van der Waals surface area contributed by atoms with Gasteiger partial charge in [-0.3, -0.25) is 4.99 Å². The van der Waals surface area contributed by atoms with E-state index >= 15 is 0 Å². The molecule has 104 valence electrons. The average Bonchev–Trinajstić information content (AvgIpc) is 3.12. The minimum Gasteiger partial charge on any atom is -0.352 e. The first kappa shape index (κ1) is 14.6. The van der Waals surface area contributed by atoms with Gasteiger partial charge in [0.15, 0.2) is 5.96 Å². The van der Waals surface area contributed by atoms with Crippen LogP contribution in [0.4, 0.5) is 4.39 Å². The number of guanidine groups is 1. The number of benzene rings is 1. The fraction of sp³-hybridized carbons (Fsp3) is 0.500. The molecule has 1 aliphatic heterocycles. The van der Waals surface area contributed by atoms with Crippen LogP contribution in [0.25, 0.3) is 0 Å². The number of halogens is 2. The second kappa shape index (κ2) is 6.07. The molecule has 19 heavy (non-hydrogen) atoms. The summed E-state index contributed by atoms with van der Waals surface area (Å²) in [5.74, 6) is 1.36. The number of likely N-dealkylation sites (N-methyl/N-ethyl adjacent to an activating group) is 1. The molecule has 2 aliphatic rings. The lowest BCUT2D eigenvalue weighted by Crippen LogP contribution is -2.35. The minimum atomic E-state index is -0.104. The first-order valence-corrected chi connectivity index (χ1v) is 6.52. The molecule has 1 aromatic rings. The lowest BCUT2D eigenvalue weighted by Gasteiger charge is -2.15. The van der Waals surface area contributed by atoms with Gasteiger partial charge in [-0.25, -0.2) is 4.39 Å². The summed E-state index contributed by atoms with van der Waals surface area (Å²) in [7, 11) is 1.99. The average molecular weight is 375 g/mol. The second-order valence-corrected chi connectivity index (χ2v) is 5.11. The van der Waals surface area contributed by atoms with Gasteiger partial charge in [0.25, 0.3) is 0 Å². The molecule has 0 radical (unpaired) electrons. The Morgan fingerprint density at radius 2 is 2.21 bits per heavy atom. The van der Waals surface area contributed by atoms with E-state index in [-0.39, 0.29) is 29.8 Å². The third kappa shape index (κ3) is 3.38. The molecular weight excluding hydrogens is 356 g/mol. The zero-order valence-corrected chi connectivity index (χ0v) is 13.4. The van der Waals surface area contributed by atoms with Crippen molar-refractivity contribution in [2.45, 2.75) is 25.3 Å². The van der Waals surface area contributed by atoms with E-state index in [1.807, 2.05) is 13.1 Å². The molecule has 0 atom stereocenters. The van der Waals surface area contributed by atoms with Crippen molar-refractivity contribution >= 4 is 29.9 Å². The fourth-order valence-corrected chi connectivity index (χ4v) is 2.28. The van der Waals surface area contributed by atoms with Crippen molar-refractivity contribution in [3.8, 4) is 0 Å². The highest BCUT2D eigenvalue weighted by molar-refractivity contribution is 14.0. The Hall–Kier alpha value is -0.850. The lowest BCUT2D eigenvalue weighted by molar-refractivity contribution is 0.530. The number of aliphatic imine (C=N–C) groups is 1. The highest BCUT2D eigenvalue weighted by Gasteiger charge is 2.24. The third-order valence-electron chi connectivity index (χ3n) is 3.62. The molecular formula is C14H19FIN3. The van der Waals surface area contributed by atoms with Crippen molar-refractivity contribution in [2.24, 2.45) is 4.99 Å². The van der Waals surface area contributed by atoms with Gasteiger partial charge >= 0.3 is 0 Å². The monoisotopic (exact) mass is 375 g/mol. The number of rotatable bonds is 3. The molecule has 3 nitrogen and oxygen atoms in total. The summed E-state index contributed by atoms with van der Waals surface area (Å²) in [5.41, 5.74) is 1.86. The predicted molar refractivity (Wildman–Crippen MR) is 85.6 cm³/mol. The van der Waals surface area contributed by atoms with E-state index in [1.165, 1.54) is 12.8 Å². The van der Waals surface area contributed by atoms with E-state index in [0.717, 1.165) is 24.6 Å². The number of hydrogen-bond donors (Lipinski definition) is 1. The van der Waals surface area contributed by atoms with Crippen molar-refractivity contribution < 1.29 is 4.39 Å². The zero-order valence-electron chi connectivity index (χ0n) is 11.0. The van der Waals surface area contributed by atoms with Gasteiger partial charge in [0, 0.05) is 25.7 Å². The SMILES string of the molecule is CN1CCN=C1NCc1ccc(C2CC2)cc1F.I. The maximum Gasteiger partial charge on any atom is 0.194 e. The van der Waals surface area contributed by atoms with Crippen molar-refractivity contribution in [1.29, 1.82) is 0 Å². The van der Waals surface area contributed by atoms with Gasteiger partial charge in [0.05, 0.1) is 6.54 Å². The van der Waals surface area contributed by atoms with Gasteiger partial charge < -0.3 is 10.2 Å². The van der Waals surface area contributed by atoms with E-state index in [4.69, 9.17) is 0 Å². The van der Waals surface area contributed by atoms with Gasteiger partial charge in [-0.15, -0.1) is 24.0 Å². The Kier molecular flexibility index (Phi) is 4.65. The van der Waals surface area contributed by atoms with Crippen LogP contribution in [0.5, 0.6) is 0 Å². The van der Waals surface area contributed by atoms with Gasteiger partial charge in [-0.1, -0.05) is 12.1 Å². The van der Waals surface area contributed by atoms with Gasteiger partial charge in [-0.05, 0) is 30.4 Å². The van der Waals surface area contributed by atoms with E-state index in [9.17, 15) is 4.39 Å². The molecule has 1 fully saturated rings. The van der Waals surface area contributed by atoms with Crippen molar-refractivity contribution in [2.75, 3.05) is 20.1 Å². The summed E-state index contributed by atoms with van der Waals surface area (Å²) >= 11 is 0. The highest BCUT2D eigenvalue weighted by Crippen LogP contribution is 2.40. The predicted octanol–water partition coefficient (Wildman–Crippen LogP) is 2.71. The molecule has 0 unspecified atom stereocenters. The van der Waals surface area contributed by atoms with Crippen LogP contribution in [0.3, 0.4) is 0 Å². The number of nitrogens with one attached hydrogen (secondary N) is 1. The molecule has 0 bridgehead atoms. The Labute approximate surface area is 130 Å². The second-order valence-electron chi connectivity index (χ2n) is 5.11. The summed E-state index contributed by atoms with van der Waals surface area (Å²) < 4.78 is 13.9. The summed E-state index contributed by atoms with van der Waals surface area (Å²) in [6, 6.07) is 5.64. The summed E-state index contributed by atoms with van der Waals surface area (Å²) in [6.45, 7) is 2.26. The zero-order chi connectivity index (χ0) is 12.5. The standard InChI is InChI=1S/C14H18FN3.HI/c1-18-7-6-16-14(18)17-9-12-5-4-11(8-13(12)15)10-2-3-10;/h4-5,8,10H,2-3,6-7,9H2,1H3,(H,16,17);1H. The van der Waals surface area contributed by atoms with Crippen LogP contribution >= 0.6 is 24.0 Å². The first-order valence-electron chi connectivity index (χ1n) is 6.52. The highest BCUT2D eigenvalue weighted by atomic mass is 127. The molecule has 1 heterocycles. The summed E-state index contributed by atoms with van der Waals surface area (Å²) in [5, 5.41) is 3.19. The fourth-order valence-electron chi connectivity index (χ4n) is 2.28. The van der Waals surface area contributed by atoms with Crippen LogP contribution < -0.4 is 5.32 Å². The smallest absolute Gasteiger partial charge is 0.194 e. The van der Waals surface area contributed by atoms with Crippen LogP contribution in [-0.4, -0.2) is 31.0 Å². The molecule has 0 spiro atoms. The lowest BCUT2D eigenvalue weighted by atomic mass is 10.1. The van der Waals surface area contributed by atoms with Crippen molar-refractivity contribution in [3.05, 3.63) is 35.1 Å². The molecule has 5 heteroatoms. The van der Waals surface area contributed by atoms with E-state index in [1.54, 1.807) is 6.07 Å². The van der Waals surface area contributed by atoms with Crippen molar-refractivity contribution in [3.63, 3.8) is 0 Å². The normalized spacial score (nSPS) is 18.0. The van der Waals surface area contributed by atoms with Gasteiger partial charge in [0.2, 0.25) is 0 Å². The Bertz CT molecular complexity index is 486. The maximum atomic E-state index is 13.9. The van der Waals surface area contributed by atoms with Gasteiger partial charge in [0.1, 0.15) is 5.82 Å². The molecule has 1 saturated carbocycles. The van der Waals surface area contributed by atoms with Crippen LogP contribution in [0, 0.1) is 5.82 Å². The van der Waals surface area contributed by atoms with Crippen LogP contribution in [0.15, 0.2) is 23.2 Å². The van der Waals surface area contributed by atoms with Crippen LogP contribution in [-0.2, 0) is 6.54 Å². The van der Waals surface area contributed by atoms with E-state index < -0.39 is 0 Å². The Balaban J connectivity index is 0.00000133. The van der Waals surface area contributed by atoms with Crippen LogP contribution in [0.1, 0.15) is 29.9 Å². The largest absolute Gasteiger partial charge is 0.352 e. The minimum absolute atomic E-state index is 0. The first-order chi connectivity index (χ1) is 8.74. The van der Waals surface area contributed by atoms with E-state index in [2.05, 4.69) is 21.3 Å². The van der Waals surface area contributed by atoms with E-state index in [0.29, 0.717) is 18.0 Å². The molecule has 0 amide bonds. The quantitative estimate of drug-likeness (QED) is 0.823. The van der Waals surface area contributed by atoms with Crippen molar-refractivity contribution in [1.82, 2.24) is 10.2 Å². The molecule has 0 saturated heterocycles. The Morgan fingerprint density at radius 1 is 1.42 bits per heavy atom. The molecule has 1 N–H and O–H groups in total. The van der Waals surface area contributed by atoms with Gasteiger partial charge in [-0.2, -0.15) is 0 Å².